The molecule has 1 heterocycles. The van der Waals surface area contributed by atoms with Gasteiger partial charge in [-0.15, -0.1) is 0 Å². The Kier molecular flexibility index (Phi) is 2.54. The standard InChI is InChI=1S/C8H14N2O/c1-7(11)2-4-10-5-3-8(9)6-10/h3,5-7,11H,2,4,9H2,1H3/t7-/m1/s1. The average molecular weight is 154 g/mol. The van der Waals surface area contributed by atoms with Gasteiger partial charge in [0.25, 0.3) is 0 Å². The fraction of sp³-hybridized carbons (Fsp3) is 0.500. The van der Waals surface area contributed by atoms with Crippen molar-refractivity contribution in [2.75, 3.05) is 5.73 Å². The Hall–Kier alpha value is -0.960. The molecule has 11 heavy (non-hydrogen) atoms. The molecule has 0 radical (unpaired) electrons. The minimum absolute atomic E-state index is 0.237. The SMILES string of the molecule is C[C@@H](O)CCn1ccc(N)c1. The van der Waals surface area contributed by atoms with E-state index < -0.39 is 0 Å². The van der Waals surface area contributed by atoms with E-state index in [0.717, 1.165) is 18.7 Å². The first-order valence-electron chi connectivity index (χ1n) is 3.78. The number of aliphatic hydroxyl groups is 1. The van der Waals surface area contributed by atoms with E-state index in [1.807, 2.05) is 23.0 Å². The second kappa shape index (κ2) is 3.44. The van der Waals surface area contributed by atoms with E-state index in [-0.39, 0.29) is 6.10 Å². The van der Waals surface area contributed by atoms with E-state index in [9.17, 15) is 0 Å². The molecule has 1 aromatic rings. The number of nitrogens with two attached hydrogens (primary N) is 1. The van der Waals surface area contributed by atoms with Gasteiger partial charge in [-0.05, 0) is 19.4 Å². The fourth-order valence-electron chi connectivity index (χ4n) is 0.934. The highest BCUT2D eigenvalue weighted by atomic mass is 16.3. The molecule has 0 bridgehead atoms. The molecule has 3 N–H and O–H groups in total. The van der Waals surface area contributed by atoms with Gasteiger partial charge in [0.2, 0.25) is 0 Å². The summed E-state index contributed by atoms with van der Waals surface area (Å²) in [6.07, 6.45) is 4.31. The third-order valence-corrected chi connectivity index (χ3v) is 1.58. The predicted molar refractivity (Wildman–Crippen MR) is 45.1 cm³/mol. The number of anilines is 1. The molecular weight excluding hydrogens is 140 g/mol. The number of nitrogen functional groups attached to an aromatic ring is 1. The number of aliphatic hydroxyl groups excluding tert-OH is 1. The first-order valence-corrected chi connectivity index (χ1v) is 3.78. The smallest absolute Gasteiger partial charge is 0.0529 e. The normalized spacial score (nSPS) is 13.3. The van der Waals surface area contributed by atoms with Crippen molar-refractivity contribution in [3.8, 4) is 0 Å². The van der Waals surface area contributed by atoms with Gasteiger partial charge >= 0.3 is 0 Å². The highest BCUT2D eigenvalue weighted by Crippen LogP contribution is 2.03. The highest BCUT2D eigenvalue weighted by Gasteiger charge is 1.96. The second-order valence-electron chi connectivity index (χ2n) is 2.82. The average Bonchev–Trinajstić information content (AvgIpc) is 2.31. The Balaban J connectivity index is 2.39. The van der Waals surface area contributed by atoms with E-state index in [1.54, 1.807) is 6.92 Å². The van der Waals surface area contributed by atoms with Crippen LogP contribution in [-0.4, -0.2) is 15.8 Å². The number of aromatic nitrogens is 1. The number of hydrogen-bond acceptors (Lipinski definition) is 2. The minimum atomic E-state index is -0.237. The Morgan fingerprint density at radius 2 is 2.45 bits per heavy atom. The predicted octanol–water partition coefficient (Wildman–Crippen LogP) is 0.841. The van der Waals surface area contributed by atoms with Crippen molar-refractivity contribution in [3.63, 3.8) is 0 Å². The van der Waals surface area contributed by atoms with Gasteiger partial charge in [0.05, 0.1) is 6.10 Å². The van der Waals surface area contributed by atoms with Gasteiger partial charge in [-0.2, -0.15) is 0 Å². The monoisotopic (exact) mass is 154 g/mol. The van der Waals surface area contributed by atoms with Crippen molar-refractivity contribution < 1.29 is 5.11 Å². The second-order valence-corrected chi connectivity index (χ2v) is 2.82. The molecule has 1 aromatic heterocycles. The van der Waals surface area contributed by atoms with Gasteiger partial charge in [0, 0.05) is 24.6 Å². The van der Waals surface area contributed by atoms with Crippen LogP contribution in [0.25, 0.3) is 0 Å². The molecule has 0 amide bonds. The molecule has 0 fully saturated rings. The molecule has 0 spiro atoms. The van der Waals surface area contributed by atoms with Gasteiger partial charge in [-0.25, -0.2) is 0 Å². The number of hydrogen-bond donors (Lipinski definition) is 2. The number of aryl methyl sites for hydroxylation is 1. The zero-order valence-corrected chi connectivity index (χ0v) is 6.70. The van der Waals surface area contributed by atoms with Crippen molar-refractivity contribution in [1.82, 2.24) is 4.57 Å². The molecule has 0 saturated heterocycles. The zero-order valence-electron chi connectivity index (χ0n) is 6.70. The molecule has 1 rings (SSSR count). The molecule has 0 aliphatic heterocycles. The fourth-order valence-corrected chi connectivity index (χ4v) is 0.934. The van der Waals surface area contributed by atoms with Crippen LogP contribution in [0.1, 0.15) is 13.3 Å². The molecular formula is C8H14N2O. The van der Waals surface area contributed by atoms with E-state index in [4.69, 9.17) is 10.8 Å². The van der Waals surface area contributed by atoms with Crippen LogP contribution >= 0.6 is 0 Å². The first-order chi connectivity index (χ1) is 5.18. The van der Waals surface area contributed by atoms with E-state index in [0.29, 0.717) is 0 Å². The molecule has 0 aliphatic rings. The highest BCUT2D eigenvalue weighted by molar-refractivity contribution is 5.34. The largest absolute Gasteiger partial charge is 0.398 e. The van der Waals surface area contributed by atoms with Crippen molar-refractivity contribution in [3.05, 3.63) is 18.5 Å². The Labute approximate surface area is 66.4 Å². The minimum Gasteiger partial charge on any atom is -0.398 e. The summed E-state index contributed by atoms with van der Waals surface area (Å²) in [7, 11) is 0. The van der Waals surface area contributed by atoms with Crippen LogP contribution in [0, 0.1) is 0 Å². The molecule has 0 saturated carbocycles. The Morgan fingerprint density at radius 1 is 1.73 bits per heavy atom. The van der Waals surface area contributed by atoms with Crippen molar-refractivity contribution in [1.29, 1.82) is 0 Å². The molecule has 3 heteroatoms. The van der Waals surface area contributed by atoms with E-state index in [1.165, 1.54) is 0 Å². The van der Waals surface area contributed by atoms with Crippen LogP contribution in [-0.2, 0) is 6.54 Å². The van der Waals surface area contributed by atoms with E-state index >= 15 is 0 Å². The quantitative estimate of drug-likeness (QED) is 0.677. The summed E-state index contributed by atoms with van der Waals surface area (Å²) in [6, 6.07) is 1.85. The lowest BCUT2D eigenvalue weighted by Gasteiger charge is -2.04. The zero-order chi connectivity index (χ0) is 8.27. The summed E-state index contributed by atoms with van der Waals surface area (Å²) in [5.74, 6) is 0. The maximum absolute atomic E-state index is 8.98. The van der Waals surface area contributed by atoms with Crippen molar-refractivity contribution in [2.45, 2.75) is 26.0 Å². The maximum Gasteiger partial charge on any atom is 0.0529 e. The van der Waals surface area contributed by atoms with Crippen LogP contribution in [0.15, 0.2) is 18.5 Å². The van der Waals surface area contributed by atoms with Gasteiger partial charge in [-0.1, -0.05) is 0 Å². The molecule has 1 atom stereocenters. The van der Waals surface area contributed by atoms with E-state index in [2.05, 4.69) is 0 Å². The van der Waals surface area contributed by atoms with Gasteiger partial charge in [0.1, 0.15) is 0 Å². The molecule has 0 aromatic carbocycles. The molecule has 3 nitrogen and oxygen atoms in total. The van der Waals surface area contributed by atoms with Gasteiger partial charge in [0.15, 0.2) is 0 Å². The van der Waals surface area contributed by atoms with Gasteiger partial charge in [-0.3, -0.25) is 0 Å². The topological polar surface area (TPSA) is 51.2 Å². The van der Waals surface area contributed by atoms with Crippen molar-refractivity contribution >= 4 is 5.69 Å². The lowest BCUT2D eigenvalue weighted by atomic mass is 10.3. The third-order valence-electron chi connectivity index (χ3n) is 1.58. The van der Waals surface area contributed by atoms with Crippen LogP contribution in [0.5, 0.6) is 0 Å². The summed E-state index contributed by atoms with van der Waals surface area (Å²) in [5, 5.41) is 8.98. The Bertz CT molecular complexity index is 218. The number of nitrogens with zero attached hydrogens (tertiary/aromatic N) is 1. The van der Waals surface area contributed by atoms with Gasteiger partial charge < -0.3 is 15.4 Å². The van der Waals surface area contributed by atoms with Crippen LogP contribution in [0.2, 0.25) is 0 Å². The van der Waals surface area contributed by atoms with Crippen LogP contribution in [0.3, 0.4) is 0 Å². The summed E-state index contributed by atoms with van der Waals surface area (Å²) in [5.41, 5.74) is 6.28. The lowest BCUT2D eigenvalue weighted by Crippen LogP contribution is -2.05. The lowest BCUT2D eigenvalue weighted by molar-refractivity contribution is 0.178. The molecule has 0 unspecified atom stereocenters. The van der Waals surface area contributed by atoms with Crippen LogP contribution in [0.4, 0.5) is 5.69 Å². The summed E-state index contributed by atoms with van der Waals surface area (Å²) in [6.45, 7) is 2.61. The maximum atomic E-state index is 8.98. The molecule has 0 aliphatic carbocycles. The van der Waals surface area contributed by atoms with Crippen LogP contribution < -0.4 is 5.73 Å². The first kappa shape index (κ1) is 8.14. The number of rotatable bonds is 3. The molecule has 62 valence electrons. The third kappa shape index (κ3) is 2.63. The summed E-state index contributed by atoms with van der Waals surface area (Å²) in [4.78, 5) is 0. The van der Waals surface area contributed by atoms with Crippen molar-refractivity contribution in [2.24, 2.45) is 0 Å². The summed E-state index contributed by atoms with van der Waals surface area (Å²) < 4.78 is 1.97. The summed E-state index contributed by atoms with van der Waals surface area (Å²) >= 11 is 0. The Morgan fingerprint density at radius 3 is 2.91 bits per heavy atom.